The van der Waals surface area contributed by atoms with Gasteiger partial charge in [-0.25, -0.2) is 4.98 Å². The van der Waals surface area contributed by atoms with E-state index < -0.39 is 18.6 Å². The lowest BCUT2D eigenvalue weighted by Gasteiger charge is -2.07. The second-order valence-electron chi connectivity index (χ2n) is 2.67. The van der Waals surface area contributed by atoms with Crippen LogP contribution < -0.4 is 5.32 Å². The standard InChI is InChI=1S/C8H6ClF3N2O/c9-6-2-1-5(3-13-6)7(15)14-4-8(10,11)12/h1-3H,4H2,(H,14,15). The molecule has 0 aliphatic rings. The van der Waals surface area contributed by atoms with E-state index in [9.17, 15) is 18.0 Å². The third-order valence-electron chi connectivity index (χ3n) is 1.44. The van der Waals surface area contributed by atoms with Gasteiger partial charge in [0.05, 0.1) is 5.56 Å². The third kappa shape index (κ3) is 4.16. The van der Waals surface area contributed by atoms with E-state index in [-0.39, 0.29) is 10.7 Å². The minimum Gasteiger partial charge on any atom is -0.343 e. The number of nitrogens with one attached hydrogen (secondary N) is 1. The molecular formula is C8H6ClF3N2O. The summed E-state index contributed by atoms with van der Waals surface area (Å²) in [6.45, 7) is -1.37. The zero-order valence-corrected chi connectivity index (χ0v) is 8.06. The molecule has 0 bridgehead atoms. The largest absolute Gasteiger partial charge is 0.405 e. The molecule has 0 radical (unpaired) electrons. The molecule has 15 heavy (non-hydrogen) atoms. The van der Waals surface area contributed by atoms with Crippen molar-refractivity contribution in [1.82, 2.24) is 10.3 Å². The van der Waals surface area contributed by atoms with Crippen LogP contribution in [0.4, 0.5) is 13.2 Å². The van der Waals surface area contributed by atoms with Crippen molar-refractivity contribution in [2.24, 2.45) is 0 Å². The molecule has 0 saturated heterocycles. The van der Waals surface area contributed by atoms with Gasteiger partial charge in [-0.05, 0) is 12.1 Å². The first-order valence-corrected chi connectivity index (χ1v) is 4.23. The average molecular weight is 239 g/mol. The maximum absolute atomic E-state index is 11.7. The summed E-state index contributed by atoms with van der Waals surface area (Å²) in [5, 5.41) is 1.88. The van der Waals surface area contributed by atoms with Crippen LogP contribution in [0.2, 0.25) is 5.15 Å². The summed E-state index contributed by atoms with van der Waals surface area (Å²) in [6.07, 6.45) is -3.32. The minimum absolute atomic E-state index is 0.0312. The highest BCUT2D eigenvalue weighted by Crippen LogP contribution is 2.12. The van der Waals surface area contributed by atoms with Crippen molar-refractivity contribution in [2.45, 2.75) is 6.18 Å². The smallest absolute Gasteiger partial charge is 0.343 e. The van der Waals surface area contributed by atoms with E-state index in [0.717, 1.165) is 6.20 Å². The summed E-state index contributed by atoms with van der Waals surface area (Å²) in [6, 6.07) is 2.62. The number of carbonyl (C=O) groups excluding carboxylic acids is 1. The molecule has 0 saturated carbocycles. The zero-order chi connectivity index (χ0) is 11.5. The molecule has 3 nitrogen and oxygen atoms in total. The number of amides is 1. The first-order valence-electron chi connectivity index (χ1n) is 3.85. The van der Waals surface area contributed by atoms with Gasteiger partial charge in [-0.1, -0.05) is 11.6 Å². The summed E-state index contributed by atoms with van der Waals surface area (Å²) in [5.41, 5.74) is 0.0312. The predicted octanol–water partition coefficient (Wildman–Crippen LogP) is 2.03. The Morgan fingerprint density at radius 1 is 1.47 bits per heavy atom. The van der Waals surface area contributed by atoms with Crippen LogP contribution in [-0.4, -0.2) is 23.6 Å². The number of hydrogen-bond donors (Lipinski definition) is 1. The molecular weight excluding hydrogens is 233 g/mol. The first kappa shape index (κ1) is 11.8. The number of rotatable bonds is 2. The SMILES string of the molecule is O=C(NCC(F)(F)F)c1ccc(Cl)nc1. The van der Waals surface area contributed by atoms with Crippen molar-refractivity contribution < 1.29 is 18.0 Å². The van der Waals surface area contributed by atoms with Crippen LogP contribution in [-0.2, 0) is 0 Å². The van der Waals surface area contributed by atoms with Gasteiger partial charge in [0.15, 0.2) is 0 Å². The van der Waals surface area contributed by atoms with Gasteiger partial charge in [-0.2, -0.15) is 13.2 Å². The van der Waals surface area contributed by atoms with Crippen molar-refractivity contribution in [3.8, 4) is 0 Å². The topological polar surface area (TPSA) is 42.0 Å². The Morgan fingerprint density at radius 3 is 2.60 bits per heavy atom. The molecule has 0 aromatic carbocycles. The molecule has 0 atom stereocenters. The molecule has 82 valence electrons. The summed E-state index contributed by atoms with van der Waals surface area (Å²) >= 11 is 5.44. The average Bonchev–Trinajstić information content (AvgIpc) is 2.14. The second kappa shape index (κ2) is 4.48. The Labute approximate surface area is 88.3 Å². The predicted molar refractivity (Wildman–Crippen MR) is 47.6 cm³/mol. The molecule has 0 aliphatic carbocycles. The number of hydrogen-bond acceptors (Lipinski definition) is 2. The van der Waals surface area contributed by atoms with E-state index in [4.69, 9.17) is 11.6 Å². The lowest BCUT2D eigenvalue weighted by molar-refractivity contribution is -0.123. The second-order valence-corrected chi connectivity index (χ2v) is 3.05. The van der Waals surface area contributed by atoms with Gasteiger partial charge < -0.3 is 5.32 Å². The Bertz CT molecular complexity index is 350. The molecule has 1 heterocycles. The Hall–Kier alpha value is -1.30. The Balaban J connectivity index is 2.58. The fourth-order valence-corrected chi connectivity index (χ4v) is 0.904. The van der Waals surface area contributed by atoms with Crippen molar-refractivity contribution >= 4 is 17.5 Å². The van der Waals surface area contributed by atoms with Crippen LogP contribution in [0.25, 0.3) is 0 Å². The van der Waals surface area contributed by atoms with Crippen LogP contribution in [0.1, 0.15) is 10.4 Å². The highest BCUT2D eigenvalue weighted by atomic mass is 35.5. The van der Waals surface area contributed by atoms with Crippen LogP contribution >= 0.6 is 11.6 Å². The first-order chi connectivity index (χ1) is 6.88. The molecule has 1 aromatic heterocycles. The molecule has 0 fully saturated rings. The lowest BCUT2D eigenvalue weighted by atomic mass is 10.3. The van der Waals surface area contributed by atoms with Crippen molar-refractivity contribution in [3.05, 3.63) is 29.0 Å². The fourth-order valence-electron chi connectivity index (χ4n) is 0.793. The van der Waals surface area contributed by atoms with Gasteiger partial charge in [0.25, 0.3) is 5.91 Å². The van der Waals surface area contributed by atoms with Crippen molar-refractivity contribution in [3.63, 3.8) is 0 Å². The summed E-state index contributed by atoms with van der Waals surface area (Å²) in [5.74, 6) is -0.837. The molecule has 1 amide bonds. The highest BCUT2D eigenvalue weighted by molar-refractivity contribution is 6.29. The number of pyridine rings is 1. The van der Waals surface area contributed by atoms with E-state index in [1.54, 1.807) is 5.32 Å². The maximum atomic E-state index is 11.7. The quantitative estimate of drug-likeness (QED) is 0.801. The zero-order valence-electron chi connectivity index (χ0n) is 7.31. The summed E-state index contributed by atoms with van der Waals surface area (Å²) < 4.78 is 35.2. The number of aromatic nitrogens is 1. The molecule has 7 heteroatoms. The summed E-state index contributed by atoms with van der Waals surface area (Å²) in [4.78, 5) is 14.7. The maximum Gasteiger partial charge on any atom is 0.405 e. The number of nitrogens with zero attached hydrogens (tertiary/aromatic N) is 1. The van der Waals surface area contributed by atoms with E-state index in [2.05, 4.69) is 4.98 Å². The van der Waals surface area contributed by atoms with Crippen LogP contribution in [0.3, 0.4) is 0 Å². The molecule has 0 spiro atoms. The fraction of sp³-hybridized carbons (Fsp3) is 0.250. The molecule has 0 unspecified atom stereocenters. The van der Waals surface area contributed by atoms with Gasteiger partial charge in [-0.3, -0.25) is 4.79 Å². The van der Waals surface area contributed by atoms with Crippen LogP contribution in [0.15, 0.2) is 18.3 Å². The highest BCUT2D eigenvalue weighted by Gasteiger charge is 2.27. The van der Waals surface area contributed by atoms with Gasteiger partial charge in [0, 0.05) is 6.20 Å². The minimum atomic E-state index is -4.42. The van der Waals surface area contributed by atoms with E-state index in [1.807, 2.05) is 0 Å². The third-order valence-corrected chi connectivity index (χ3v) is 1.66. The van der Waals surface area contributed by atoms with Crippen molar-refractivity contribution in [2.75, 3.05) is 6.54 Å². The molecule has 0 aliphatic heterocycles. The number of halogens is 4. The van der Waals surface area contributed by atoms with E-state index in [1.165, 1.54) is 12.1 Å². The molecule has 1 N–H and O–H groups in total. The van der Waals surface area contributed by atoms with Crippen LogP contribution in [0.5, 0.6) is 0 Å². The van der Waals surface area contributed by atoms with Crippen LogP contribution in [0, 0.1) is 0 Å². The molecule has 1 aromatic rings. The number of carbonyl (C=O) groups is 1. The lowest BCUT2D eigenvalue weighted by Crippen LogP contribution is -2.33. The van der Waals surface area contributed by atoms with Gasteiger partial charge >= 0.3 is 6.18 Å². The van der Waals surface area contributed by atoms with E-state index in [0.29, 0.717) is 0 Å². The monoisotopic (exact) mass is 238 g/mol. The molecule has 1 rings (SSSR count). The van der Waals surface area contributed by atoms with Gasteiger partial charge in [0.1, 0.15) is 11.7 Å². The van der Waals surface area contributed by atoms with Gasteiger partial charge in [0.2, 0.25) is 0 Å². The summed E-state index contributed by atoms with van der Waals surface area (Å²) in [7, 11) is 0. The van der Waals surface area contributed by atoms with Gasteiger partial charge in [-0.15, -0.1) is 0 Å². The number of alkyl halides is 3. The normalized spacial score (nSPS) is 11.2. The van der Waals surface area contributed by atoms with E-state index >= 15 is 0 Å². The van der Waals surface area contributed by atoms with Crippen molar-refractivity contribution in [1.29, 1.82) is 0 Å². The Kier molecular flexibility index (Phi) is 3.52. The Morgan fingerprint density at radius 2 is 2.13 bits per heavy atom.